The van der Waals surface area contributed by atoms with E-state index in [1.165, 1.54) is 12.7 Å². The minimum atomic E-state index is -0.398. The van der Waals surface area contributed by atoms with Crippen LogP contribution in [0.1, 0.15) is 63.0 Å². The molecule has 2 aromatic rings. The van der Waals surface area contributed by atoms with Gasteiger partial charge < -0.3 is 14.6 Å². The molecule has 0 fully saturated rings. The lowest BCUT2D eigenvalue weighted by molar-refractivity contribution is 0.0593. The standard InChI is InChI=1S/C20H26N2O3/c1-12(2)15-7-9-16(10-8-15)19(23)22(5)11-17-13(3)18(20(24)25-6)21-14(17)4/h7-10,12,21H,11H2,1-6H3. The van der Waals surface area contributed by atoms with E-state index in [-0.39, 0.29) is 5.91 Å². The minimum Gasteiger partial charge on any atom is -0.464 e. The number of benzene rings is 1. The van der Waals surface area contributed by atoms with E-state index in [1.54, 1.807) is 11.9 Å². The maximum Gasteiger partial charge on any atom is 0.354 e. The number of H-pyrrole nitrogens is 1. The van der Waals surface area contributed by atoms with Crippen LogP contribution in [0.3, 0.4) is 0 Å². The van der Waals surface area contributed by atoms with Crippen molar-refractivity contribution >= 4 is 11.9 Å². The summed E-state index contributed by atoms with van der Waals surface area (Å²) in [5.41, 5.74) is 4.93. The van der Waals surface area contributed by atoms with E-state index in [0.29, 0.717) is 23.7 Å². The minimum absolute atomic E-state index is 0.0464. The number of hydrogen-bond acceptors (Lipinski definition) is 3. The lowest BCUT2D eigenvalue weighted by atomic mass is 10.0. The van der Waals surface area contributed by atoms with E-state index < -0.39 is 5.97 Å². The van der Waals surface area contributed by atoms with E-state index in [0.717, 1.165) is 16.8 Å². The number of esters is 1. The molecular formula is C20H26N2O3. The summed E-state index contributed by atoms with van der Waals surface area (Å²) >= 11 is 0. The molecule has 5 heteroatoms. The molecule has 134 valence electrons. The fraction of sp³-hybridized carbons (Fsp3) is 0.400. The molecule has 2 rings (SSSR count). The van der Waals surface area contributed by atoms with Gasteiger partial charge in [0, 0.05) is 24.8 Å². The predicted octanol–water partition coefficient (Wildman–Crippen LogP) is 3.81. The van der Waals surface area contributed by atoms with Gasteiger partial charge in [-0.2, -0.15) is 0 Å². The van der Waals surface area contributed by atoms with Gasteiger partial charge in [-0.3, -0.25) is 4.79 Å². The lowest BCUT2D eigenvalue weighted by Gasteiger charge is -2.18. The van der Waals surface area contributed by atoms with E-state index >= 15 is 0 Å². The molecule has 0 aliphatic rings. The Morgan fingerprint density at radius 2 is 1.76 bits per heavy atom. The molecule has 0 saturated carbocycles. The normalized spacial score (nSPS) is 10.8. The van der Waals surface area contributed by atoms with Crippen LogP contribution in [-0.2, 0) is 11.3 Å². The number of aryl methyl sites for hydroxylation is 1. The van der Waals surface area contributed by atoms with Crippen molar-refractivity contribution in [3.8, 4) is 0 Å². The highest BCUT2D eigenvalue weighted by Gasteiger charge is 2.20. The summed E-state index contributed by atoms with van der Waals surface area (Å²) in [6.07, 6.45) is 0. The molecule has 0 unspecified atom stereocenters. The van der Waals surface area contributed by atoms with Gasteiger partial charge in [-0.15, -0.1) is 0 Å². The molecule has 1 N–H and O–H groups in total. The molecular weight excluding hydrogens is 316 g/mol. The SMILES string of the molecule is COC(=O)c1[nH]c(C)c(CN(C)C(=O)c2ccc(C(C)C)cc2)c1C. The van der Waals surface area contributed by atoms with Gasteiger partial charge in [0.2, 0.25) is 0 Å². The predicted molar refractivity (Wildman–Crippen MR) is 97.9 cm³/mol. The summed E-state index contributed by atoms with van der Waals surface area (Å²) in [7, 11) is 3.12. The van der Waals surface area contributed by atoms with E-state index in [4.69, 9.17) is 4.74 Å². The number of methoxy groups -OCH3 is 1. The van der Waals surface area contributed by atoms with E-state index in [2.05, 4.69) is 18.8 Å². The number of hydrogen-bond donors (Lipinski definition) is 1. The van der Waals surface area contributed by atoms with Crippen LogP contribution in [-0.4, -0.2) is 35.9 Å². The highest BCUT2D eigenvalue weighted by Crippen LogP contribution is 2.21. The Morgan fingerprint density at radius 3 is 2.28 bits per heavy atom. The smallest absolute Gasteiger partial charge is 0.354 e. The number of aromatic nitrogens is 1. The first kappa shape index (κ1) is 18.8. The van der Waals surface area contributed by atoms with Crippen LogP contribution >= 0.6 is 0 Å². The van der Waals surface area contributed by atoms with Crippen LogP contribution in [0.15, 0.2) is 24.3 Å². The number of nitrogens with one attached hydrogen (secondary N) is 1. The molecule has 0 saturated heterocycles. The molecule has 0 spiro atoms. The number of carbonyl (C=O) groups is 2. The van der Waals surface area contributed by atoms with Crippen molar-refractivity contribution < 1.29 is 14.3 Å². The number of carbonyl (C=O) groups excluding carboxylic acids is 2. The summed E-state index contributed by atoms with van der Waals surface area (Å²) in [6, 6.07) is 7.72. The Morgan fingerprint density at radius 1 is 1.16 bits per heavy atom. The second kappa shape index (κ2) is 7.55. The number of rotatable bonds is 5. The van der Waals surface area contributed by atoms with E-state index in [9.17, 15) is 9.59 Å². The first-order valence-corrected chi connectivity index (χ1v) is 8.38. The lowest BCUT2D eigenvalue weighted by Crippen LogP contribution is -2.26. The van der Waals surface area contributed by atoms with Gasteiger partial charge >= 0.3 is 5.97 Å². The van der Waals surface area contributed by atoms with Crippen molar-refractivity contribution in [3.05, 3.63) is 57.9 Å². The summed E-state index contributed by atoms with van der Waals surface area (Å²) < 4.78 is 4.79. The number of nitrogens with zero attached hydrogens (tertiary/aromatic N) is 1. The topological polar surface area (TPSA) is 62.4 Å². The van der Waals surface area contributed by atoms with Crippen molar-refractivity contribution in [1.29, 1.82) is 0 Å². The highest BCUT2D eigenvalue weighted by atomic mass is 16.5. The van der Waals surface area contributed by atoms with Gasteiger partial charge in [0.05, 0.1) is 7.11 Å². The van der Waals surface area contributed by atoms with Gasteiger partial charge in [0.1, 0.15) is 5.69 Å². The maximum atomic E-state index is 12.7. The third-order valence-electron chi connectivity index (χ3n) is 4.55. The number of ether oxygens (including phenoxy) is 1. The first-order valence-electron chi connectivity index (χ1n) is 8.38. The van der Waals surface area contributed by atoms with Crippen LogP contribution in [0.25, 0.3) is 0 Å². The zero-order valence-corrected chi connectivity index (χ0v) is 15.8. The monoisotopic (exact) mass is 342 g/mol. The van der Waals surface area contributed by atoms with Crippen LogP contribution in [0.4, 0.5) is 0 Å². The molecule has 0 atom stereocenters. The zero-order chi connectivity index (χ0) is 18.7. The molecule has 0 aliphatic carbocycles. The highest BCUT2D eigenvalue weighted by molar-refractivity contribution is 5.94. The second-order valence-electron chi connectivity index (χ2n) is 6.66. The number of aromatic amines is 1. The third kappa shape index (κ3) is 3.92. The molecule has 0 radical (unpaired) electrons. The van der Waals surface area contributed by atoms with Crippen LogP contribution in [0.5, 0.6) is 0 Å². The van der Waals surface area contributed by atoms with Crippen LogP contribution in [0, 0.1) is 13.8 Å². The Balaban J connectivity index is 2.19. The largest absolute Gasteiger partial charge is 0.464 e. The molecule has 1 amide bonds. The third-order valence-corrected chi connectivity index (χ3v) is 4.55. The summed E-state index contributed by atoms with van der Waals surface area (Å²) in [6.45, 7) is 8.43. The van der Waals surface area contributed by atoms with Crippen molar-refractivity contribution in [2.75, 3.05) is 14.2 Å². The molecule has 1 aromatic carbocycles. The molecule has 0 bridgehead atoms. The van der Waals surface area contributed by atoms with Crippen molar-refractivity contribution in [3.63, 3.8) is 0 Å². The summed E-state index contributed by atoms with van der Waals surface area (Å²) in [5, 5.41) is 0. The van der Waals surface area contributed by atoms with Gasteiger partial charge in [0.15, 0.2) is 0 Å². The van der Waals surface area contributed by atoms with Crippen molar-refractivity contribution in [1.82, 2.24) is 9.88 Å². The Labute approximate surface area is 149 Å². The Hall–Kier alpha value is -2.56. The molecule has 0 aliphatic heterocycles. The maximum absolute atomic E-state index is 12.7. The molecule has 5 nitrogen and oxygen atoms in total. The second-order valence-corrected chi connectivity index (χ2v) is 6.66. The van der Waals surface area contributed by atoms with E-state index in [1.807, 2.05) is 38.1 Å². The number of amides is 1. The summed E-state index contributed by atoms with van der Waals surface area (Å²) in [4.78, 5) is 29.2. The average molecular weight is 342 g/mol. The van der Waals surface area contributed by atoms with Crippen LogP contribution < -0.4 is 0 Å². The van der Waals surface area contributed by atoms with Gasteiger partial charge in [-0.1, -0.05) is 26.0 Å². The van der Waals surface area contributed by atoms with Crippen molar-refractivity contribution in [2.24, 2.45) is 0 Å². The summed E-state index contributed by atoms with van der Waals surface area (Å²) in [5.74, 6) is -0.0104. The fourth-order valence-corrected chi connectivity index (χ4v) is 2.87. The Kier molecular flexibility index (Phi) is 5.67. The van der Waals surface area contributed by atoms with Crippen molar-refractivity contribution in [2.45, 2.75) is 40.2 Å². The quantitative estimate of drug-likeness (QED) is 0.840. The van der Waals surface area contributed by atoms with Gasteiger partial charge in [-0.25, -0.2) is 4.79 Å². The van der Waals surface area contributed by atoms with Crippen LogP contribution in [0.2, 0.25) is 0 Å². The fourth-order valence-electron chi connectivity index (χ4n) is 2.87. The molecule has 1 aromatic heterocycles. The van der Waals surface area contributed by atoms with Gasteiger partial charge in [0.25, 0.3) is 5.91 Å². The molecule has 25 heavy (non-hydrogen) atoms. The Bertz CT molecular complexity index is 773. The zero-order valence-electron chi connectivity index (χ0n) is 15.8. The van der Waals surface area contributed by atoms with Gasteiger partial charge in [-0.05, 0) is 48.6 Å². The first-order chi connectivity index (χ1) is 11.8. The average Bonchev–Trinajstić information content (AvgIpc) is 2.88. The molecule has 1 heterocycles.